The van der Waals surface area contributed by atoms with Crippen molar-refractivity contribution in [3.8, 4) is 0 Å². The first-order valence-corrected chi connectivity index (χ1v) is 12.3. The van der Waals surface area contributed by atoms with Crippen molar-refractivity contribution < 1.29 is 24.3 Å². The van der Waals surface area contributed by atoms with Crippen molar-refractivity contribution in [1.29, 1.82) is 0 Å². The molecule has 0 rings (SSSR count). The normalized spacial score (nSPS) is 10.1. The molecule has 0 fully saturated rings. The second kappa shape index (κ2) is 24.6. The van der Waals surface area contributed by atoms with Crippen molar-refractivity contribution >= 4 is 17.8 Å². The Kier molecular flexibility index (Phi) is 25.1. The molecular formula is C24H48N2O5. The molecule has 0 heterocycles. The van der Waals surface area contributed by atoms with Gasteiger partial charge >= 0.3 is 5.97 Å². The topological polar surface area (TPSA) is 95.9 Å². The maximum absolute atomic E-state index is 12.1. The van der Waals surface area contributed by atoms with E-state index in [1.807, 2.05) is 6.92 Å². The third-order valence-corrected chi connectivity index (χ3v) is 4.85. The molecule has 0 aromatic heterocycles. The largest absolute Gasteiger partial charge is 0.466 e. The molecule has 7 heteroatoms. The molecular weight excluding hydrogens is 396 g/mol. The SMILES string of the molecule is CCCCCCCC.CCCCCCN(CC(=O)NO)C(=O)CCC(=O)OCCCC. The number of esters is 1. The molecule has 0 saturated heterocycles. The maximum atomic E-state index is 12.1. The van der Waals surface area contributed by atoms with E-state index < -0.39 is 11.9 Å². The Morgan fingerprint density at radius 3 is 1.74 bits per heavy atom. The molecule has 31 heavy (non-hydrogen) atoms. The van der Waals surface area contributed by atoms with Gasteiger partial charge in [0.25, 0.3) is 5.91 Å². The van der Waals surface area contributed by atoms with Gasteiger partial charge in [-0.1, -0.05) is 91.9 Å². The van der Waals surface area contributed by atoms with Crippen LogP contribution >= 0.6 is 0 Å². The summed E-state index contributed by atoms with van der Waals surface area (Å²) in [5.41, 5.74) is 1.53. The average Bonchev–Trinajstić information content (AvgIpc) is 2.77. The van der Waals surface area contributed by atoms with Crippen molar-refractivity contribution in [2.75, 3.05) is 19.7 Å². The Morgan fingerprint density at radius 1 is 0.742 bits per heavy atom. The third-order valence-electron chi connectivity index (χ3n) is 4.85. The highest BCUT2D eigenvalue weighted by molar-refractivity contribution is 5.86. The monoisotopic (exact) mass is 444 g/mol. The minimum absolute atomic E-state index is 0.00868. The fourth-order valence-corrected chi connectivity index (χ4v) is 2.85. The van der Waals surface area contributed by atoms with Gasteiger partial charge in [0.05, 0.1) is 13.0 Å². The van der Waals surface area contributed by atoms with Gasteiger partial charge in [0, 0.05) is 13.0 Å². The molecule has 0 aliphatic rings. The molecule has 0 unspecified atom stereocenters. The van der Waals surface area contributed by atoms with Crippen LogP contribution in [0.4, 0.5) is 0 Å². The number of nitrogens with one attached hydrogen (secondary N) is 1. The number of carbonyl (C=O) groups excluding carboxylic acids is 3. The van der Waals surface area contributed by atoms with Gasteiger partial charge in [0.1, 0.15) is 6.54 Å². The van der Waals surface area contributed by atoms with Gasteiger partial charge in [-0.2, -0.15) is 0 Å². The summed E-state index contributed by atoms with van der Waals surface area (Å²) in [7, 11) is 0. The number of hydrogen-bond acceptors (Lipinski definition) is 5. The average molecular weight is 445 g/mol. The van der Waals surface area contributed by atoms with Crippen molar-refractivity contribution in [2.45, 2.75) is 118 Å². The Hall–Kier alpha value is -1.63. The van der Waals surface area contributed by atoms with Gasteiger partial charge in [0.2, 0.25) is 5.91 Å². The zero-order valence-electron chi connectivity index (χ0n) is 20.5. The Morgan fingerprint density at radius 2 is 1.26 bits per heavy atom. The van der Waals surface area contributed by atoms with Crippen LogP contribution in [0.1, 0.15) is 118 Å². The Labute approximate surface area is 190 Å². The van der Waals surface area contributed by atoms with Gasteiger partial charge < -0.3 is 9.64 Å². The van der Waals surface area contributed by atoms with E-state index in [4.69, 9.17) is 9.94 Å². The molecule has 0 radical (unpaired) electrons. The summed E-state index contributed by atoms with van der Waals surface area (Å²) in [5.74, 6) is -1.32. The second-order valence-electron chi connectivity index (χ2n) is 7.90. The van der Waals surface area contributed by atoms with Crippen LogP contribution in [0.2, 0.25) is 0 Å². The molecule has 0 bridgehead atoms. The Bertz CT molecular complexity index is 438. The second-order valence-corrected chi connectivity index (χ2v) is 7.90. The van der Waals surface area contributed by atoms with Crippen molar-refractivity contribution in [3.63, 3.8) is 0 Å². The summed E-state index contributed by atoms with van der Waals surface area (Å²) in [6.45, 7) is 9.21. The fraction of sp³-hybridized carbons (Fsp3) is 0.875. The Balaban J connectivity index is 0. The lowest BCUT2D eigenvalue weighted by molar-refractivity contribution is -0.146. The van der Waals surface area contributed by atoms with Gasteiger partial charge in [0.15, 0.2) is 0 Å². The predicted molar refractivity (Wildman–Crippen MR) is 125 cm³/mol. The molecule has 0 spiro atoms. The van der Waals surface area contributed by atoms with E-state index in [-0.39, 0.29) is 25.3 Å². The molecule has 7 nitrogen and oxygen atoms in total. The van der Waals surface area contributed by atoms with Crippen LogP contribution in [0.3, 0.4) is 0 Å². The molecule has 0 aliphatic heterocycles. The summed E-state index contributed by atoms with van der Waals surface area (Å²) in [5, 5.41) is 8.60. The zero-order valence-corrected chi connectivity index (χ0v) is 20.5. The maximum Gasteiger partial charge on any atom is 0.306 e. The van der Waals surface area contributed by atoms with Crippen molar-refractivity contribution in [2.24, 2.45) is 0 Å². The van der Waals surface area contributed by atoms with Crippen LogP contribution in [0.5, 0.6) is 0 Å². The molecule has 0 aromatic carbocycles. The number of rotatable bonds is 18. The van der Waals surface area contributed by atoms with Crippen LogP contribution in [0.15, 0.2) is 0 Å². The number of amides is 2. The fourth-order valence-electron chi connectivity index (χ4n) is 2.85. The van der Waals surface area contributed by atoms with E-state index in [0.29, 0.717) is 13.2 Å². The highest BCUT2D eigenvalue weighted by Gasteiger charge is 2.18. The lowest BCUT2D eigenvalue weighted by Gasteiger charge is -2.21. The molecule has 0 atom stereocenters. The number of hydrogen-bond donors (Lipinski definition) is 2. The van der Waals surface area contributed by atoms with Gasteiger partial charge in [-0.15, -0.1) is 0 Å². The molecule has 0 saturated carbocycles. The van der Waals surface area contributed by atoms with Gasteiger partial charge in [-0.25, -0.2) is 5.48 Å². The van der Waals surface area contributed by atoms with Crippen LogP contribution in [0, 0.1) is 0 Å². The van der Waals surface area contributed by atoms with E-state index in [0.717, 1.165) is 38.5 Å². The zero-order chi connectivity index (χ0) is 23.7. The van der Waals surface area contributed by atoms with Crippen LogP contribution < -0.4 is 5.48 Å². The smallest absolute Gasteiger partial charge is 0.306 e. The van der Waals surface area contributed by atoms with Gasteiger partial charge in [-0.05, 0) is 12.8 Å². The molecule has 184 valence electrons. The first-order chi connectivity index (χ1) is 15.0. The van der Waals surface area contributed by atoms with Crippen LogP contribution in [-0.4, -0.2) is 47.6 Å². The highest BCUT2D eigenvalue weighted by Crippen LogP contribution is 2.06. The molecule has 0 aliphatic carbocycles. The number of carbonyl (C=O) groups is 3. The number of hydroxylamine groups is 1. The third kappa shape index (κ3) is 22.9. The van der Waals surface area contributed by atoms with Gasteiger partial charge in [-0.3, -0.25) is 19.6 Å². The summed E-state index contributed by atoms with van der Waals surface area (Å²) < 4.78 is 5.00. The summed E-state index contributed by atoms with van der Waals surface area (Å²) in [4.78, 5) is 36.3. The summed E-state index contributed by atoms with van der Waals surface area (Å²) in [6.07, 6.45) is 14.2. The molecule has 0 aromatic rings. The summed E-state index contributed by atoms with van der Waals surface area (Å²) >= 11 is 0. The standard InChI is InChI=1S/C16H30N2O5.C8H18/c1-3-5-7-8-11-18(13-14(19)17-22)15(20)9-10-16(21)23-12-6-4-2;1-3-5-7-8-6-4-2/h22H,3-13H2,1-2H3,(H,17,19);3-8H2,1-2H3. The number of ether oxygens (including phenoxy) is 1. The van der Waals surface area contributed by atoms with Crippen LogP contribution in [-0.2, 0) is 19.1 Å². The van der Waals surface area contributed by atoms with Crippen molar-refractivity contribution in [3.05, 3.63) is 0 Å². The quantitative estimate of drug-likeness (QED) is 0.128. The van der Waals surface area contributed by atoms with E-state index in [1.165, 1.54) is 48.9 Å². The first-order valence-electron chi connectivity index (χ1n) is 12.3. The number of nitrogens with zero attached hydrogens (tertiary/aromatic N) is 1. The van der Waals surface area contributed by atoms with E-state index in [2.05, 4.69) is 20.8 Å². The molecule has 2 amide bonds. The highest BCUT2D eigenvalue weighted by atomic mass is 16.5. The minimum Gasteiger partial charge on any atom is -0.466 e. The predicted octanol–water partition coefficient (Wildman–Crippen LogP) is 5.39. The molecule has 2 N–H and O–H groups in total. The number of unbranched alkanes of at least 4 members (excludes halogenated alkanes) is 9. The lowest BCUT2D eigenvalue weighted by atomic mass is 10.1. The van der Waals surface area contributed by atoms with Crippen LogP contribution in [0.25, 0.3) is 0 Å². The van der Waals surface area contributed by atoms with E-state index >= 15 is 0 Å². The summed E-state index contributed by atoms with van der Waals surface area (Å²) in [6, 6.07) is 0. The first kappa shape index (κ1) is 31.6. The van der Waals surface area contributed by atoms with E-state index in [1.54, 1.807) is 0 Å². The van der Waals surface area contributed by atoms with Crippen molar-refractivity contribution in [1.82, 2.24) is 10.4 Å². The lowest BCUT2D eigenvalue weighted by Crippen LogP contribution is -2.40. The minimum atomic E-state index is -0.639. The van der Waals surface area contributed by atoms with E-state index in [9.17, 15) is 14.4 Å².